The van der Waals surface area contributed by atoms with Crippen molar-refractivity contribution in [2.75, 3.05) is 36.0 Å². The van der Waals surface area contributed by atoms with Crippen LogP contribution in [0.3, 0.4) is 0 Å². The number of aromatic nitrogens is 2. The molecule has 1 aliphatic carbocycles. The first-order chi connectivity index (χ1) is 16.0. The minimum atomic E-state index is -0.993. The molecule has 0 bridgehead atoms. The van der Waals surface area contributed by atoms with E-state index in [2.05, 4.69) is 56.2 Å². The largest absolute Gasteiger partial charge is 0.465 e. The molecule has 0 radical (unpaired) electrons. The fourth-order valence-corrected chi connectivity index (χ4v) is 5.36. The number of para-hydroxylation sites is 1. The van der Waals surface area contributed by atoms with E-state index in [1.807, 2.05) is 0 Å². The van der Waals surface area contributed by atoms with Gasteiger partial charge in [0.05, 0.1) is 24.2 Å². The number of hydrogen-bond donors (Lipinski definition) is 1. The minimum Gasteiger partial charge on any atom is -0.465 e. The molecule has 2 aliphatic heterocycles. The Morgan fingerprint density at radius 2 is 2.03 bits per heavy atom. The summed E-state index contributed by atoms with van der Waals surface area (Å²) in [7, 11) is 0. The number of allylic oxidation sites excluding steroid dienone is 1. The molecule has 3 heterocycles. The van der Waals surface area contributed by atoms with Gasteiger partial charge in [-0.05, 0) is 55.0 Å². The van der Waals surface area contributed by atoms with Crippen LogP contribution in [0.2, 0.25) is 5.28 Å². The number of piperazine rings is 1. The van der Waals surface area contributed by atoms with Gasteiger partial charge in [0.15, 0.2) is 0 Å². The molecule has 5 rings (SSSR count). The summed E-state index contributed by atoms with van der Waals surface area (Å²) in [6.07, 6.45) is 5.14. The van der Waals surface area contributed by atoms with E-state index in [0.29, 0.717) is 19.6 Å². The summed E-state index contributed by atoms with van der Waals surface area (Å²) in [6, 6.07) is 10.3. The molecule has 1 aromatic heterocycles. The van der Waals surface area contributed by atoms with Crippen LogP contribution in [0.1, 0.15) is 36.1 Å². The van der Waals surface area contributed by atoms with Crippen molar-refractivity contribution in [3.8, 4) is 6.07 Å². The third-order valence-electron chi connectivity index (χ3n) is 6.74. The van der Waals surface area contributed by atoms with Crippen LogP contribution in [0.5, 0.6) is 0 Å². The van der Waals surface area contributed by atoms with Gasteiger partial charge < -0.3 is 19.8 Å². The van der Waals surface area contributed by atoms with Crippen molar-refractivity contribution in [3.63, 3.8) is 0 Å². The molecule has 3 aliphatic rings. The third kappa shape index (κ3) is 4.09. The Kier molecular flexibility index (Phi) is 5.81. The van der Waals surface area contributed by atoms with E-state index in [-0.39, 0.29) is 11.7 Å². The van der Waals surface area contributed by atoms with E-state index in [1.54, 1.807) is 0 Å². The maximum Gasteiger partial charge on any atom is 0.407 e. The maximum absolute atomic E-state index is 11.6. The fourth-order valence-electron chi connectivity index (χ4n) is 5.19. The second-order valence-corrected chi connectivity index (χ2v) is 8.98. The molecule has 170 valence electrons. The van der Waals surface area contributed by atoms with Gasteiger partial charge in [0, 0.05) is 43.1 Å². The summed E-state index contributed by atoms with van der Waals surface area (Å²) in [4.78, 5) is 26.5. The Balaban J connectivity index is 1.47. The van der Waals surface area contributed by atoms with Gasteiger partial charge in [0.2, 0.25) is 5.28 Å². The van der Waals surface area contributed by atoms with Crippen LogP contribution >= 0.6 is 11.6 Å². The molecule has 1 amide bonds. The summed E-state index contributed by atoms with van der Waals surface area (Å²) in [6.45, 7) is 2.22. The monoisotopic (exact) mass is 464 g/mol. The van der Waals surface area contributed by atoms with Crippen molar-refractivity contribution in [1.82, 2.24) is 14.9 Å². The lowest BCUT2D eigenvalue weighted by Gasteiger charge is -2.41. The van der Waals surface area contributed by atoms with Crippen LogP contribution in [-0.4, -0.2) is 58.3 Å². The zero-order valence-corrected chi connectivity index (χ0v) is 19.0. The smallest absolute Gasteiger partial charge is 0.407 e. The highest BCUT2D eigenvalue weighted by molar-refractivity contribution is 6.28. The Bertz CT molecular complexity index is 1160. The zero-order chi connectivity index (χ0) is 22.9. The molecule has 1 unspecified atom stereocenters. The van der Waals surface area contributed by atoms with Crippen molar-refractivity contribution >= 4 is 35.3 Å². The van der Waals surface area contributed by atoms with Gasteiger partial charge in [-0.15, -0.1) is 0 Å². The number of benzene rings is 1. The molecule has 1 saturated heterocycles. The standard InChI is InChI=1S/C24H25ClN6O2/c25-23-27-20-14-17(30-11-3-5-16-4-1-2-6-21(16)30)7-8-19(20)22(28-23)29-12-13-31(24(32)33)18(15-29)9-10-26/h1-2,4,6,14,18H,3,5,7-9,11-13,15H2,(H,32,33). The molecule has 2 aromatic rings. The number of anilines is 2. The zero-order valence-electron chi connectivity index (χ0n) is 18.2. The second-order valence-electron chi connectivity index (χ2n) is 8.64. The molecule has 9 heteroatoms. The molecular weight excluding hydrogens is 440 g/mol. The number of nitrogens with zero attached hydrogens (tertiary/aromatic N) is 6. The topological polar surface area (TPSA) is 96.6 Å². The number of fused-ring (bicyclic) bond motifs is 2. The fraction of sp³-hybridized carbons (Fsp3) is 0.417. The number of rotatable bonds is 3. The van der Waals surface area contributed by atoms with Gasteiger partial charge in [-0.25, -0.2) is 14.8 Å². The van der Waals surface area contributed by atoms with Crippen molar-refractivity contribution < 1.29 is 9.90 Å². The summed E-state index contributed by atoms with van der Waals surface area (Å²) >= 11 is 6.34. The average Bonchev–Trinajstić information content (AvgIpc) is 2.82. The lowest BCUT2D eigenvalue weighted by atomic mass is 9.95. The van der Waals surface area contributed by atoms with Gasteiger partial charge in [-0.1, -0.05) is 18.2 Å². The normalized spacial score (nSPS) is 19.9. The number of aryl methyl sites for hydroxylation is 1. The lowest BCUT2D eigenvalue weighted by Crippen LogP contribution is -2.55. The van der Waals surface area contributed by atoms with Crippen molar-refractivity contribution in [1.29, 1.82) is 5.26 Å². The van der Waals surface area contributed by atoms with E-state index < -0.39 is 12.1 Å². The summed E-state index contributed by atoms with van der Waals surface area (Å²) in [5.74, 6) is 0.757. The van der Waals surface area contributed by atoms with Gasteiger partial charge in [-0.2, -0.15) is 5.26 Å². The molecule has 1 atom stereocenters. The lowest BCUT2D eigenvalue weighted by molar-refractivity contribution is 0.119. The van der Waals surface area contributed by atoms with E-state index >= 15 is 0 Å². The van der Waals surface area contributed by atoms with Gasteiger partial charge >= 0.3 is 6.09 Å². The van der Waals surface area contributed by atoms with Gasteiger partial charge in [0.1, 0.15) is 5.82 Å². The van der Waals surface area contributed by atoms with Crippen molar-refractivity contribution in [2.45, 2.75) is 38.1 Å². The third-order valence-corrected chi connectivity index (χ3v) is 6.91. The van der Waals surface area contributed by atoms with Gasteiger partial charge in [0.25, 0.3) is 0 Å². The van der Waals surface area contributed by atoms with E-state index in [4.69, 9.17) is 11.6 Å². The number of hydrogen-bond acceptors (Lipinski definition) is 6. The van der Waals surface area contributed by atoms with Crippen molar-refractivity contribution in [3.05, 3.63) is 52.1 Å². The molecule has 0 saturated carbocycles. The summed E-state index contributed by atoms with van der Waals surface area (Å²) in [5.41, 5.74) is 5.73. The summed E-state index contributed by atoms with van der Waals surface area (Å²) in [5, 5.41) is 18.9. The van der Waals surface area contributed by atoms with E-state index in [0.717, 1.165) is 49.3 Å². The van der Waals surface area contributed by atoms with Crippen LogP contribution in [0.4, 0.5) is 16.3 Å². The summed E-state index contributed by atoms with van der Waals surface area (Å²) < 4.78 is 0. The van der Waals surface area contributed by atoms with Crippen molar-refractivity contribution in [2.24, 2.45) is 0 Å². The SMILES string of the molecule is N#CCC1CN(c2nc(Cl)nc3c2CCC(N2CCCc4ccccc42)=C3)CCN1C(=O)O. The second kappa shape index (κ2) is 8.91. The van der Waals surface area contributed by atoms with Crippen LogP contribution in [0.25, 0.3) is 6.08 Å². The quantitative estimate of drug-likeness (QED) is 0.687. The Labute approximate surface area is 197 Å². The molecule has 33 heavy (non-hydrogen) atoms. The predicted molar refractivity (Wildman–Crippen MR) is 126 cm³/mol. The number of halogens is 1. The Morgan fingerprint density at radius 3 is 2.85 bits per heavy atom. The number of carbonyl (C=O) groups is 1. The first-order valence-electron chi connectivity index (χ1n) is 11.3. The highest BCUT2D eigenvalue weighted by atomic mass is 35.5. The Morgan fingerprint density at radius 1 is 1.18 bits per heavy atom. The first kappa shape index (κ1) is 21.5. The molecular formula is C24H25ClN6O2. The van der Waals surface area contributed by atoms with Gasteiger partial charge in [-0.3, -0.25) is 0 Å². The number of carboxylic acid groups (broad SMARTS) is 1. The highest BCUT2D eigenvalue weighted by Crippen LogP contribution is 2.37. The predicted octanol–water partition coefficient (Wildman–Crippen LogP) is 3.95. The van der Waals surface area contributed by atoms with Crippen LogP contribution < -0.4 is 9.80 Å². The van der Waals surface area contributed by atoms with E-state index in [1.165, 1.54) is 21.8 Å². The number of nitriles is 1. The van der Waals surface area contributed by atoms with Crippen LogP contribution in [0.15, 0.2) is 30.0 Å². The molecule has 1 fully saturated rings. The molecule has 1 N–H and O–H groups in total. The number of amides is 1. The minimum absolute atomic E-state index is 0.141. The van der Waals surface area contributed by atoms with E-state index in [9.17, 15) is 15.2 Å². The molecule has 8 nitrogen and oxygen atoms in total. The highest BCUT2D eigenvalue weighted by Gasteiger charge is 2.33. The van der Waals surface area contributed by atoms with Crippen LogP contribution in [-0.2, 0) is 12.8 Å². The molecule has 1 aromatic carbocycles. The van der Waals surface area contributed by atoms with Crippen LogP contribution in [0, 0.1) is 11.3 Å². The first-order valence-corrected chi connectivity index (χ1v) is 11.7. The average molecular weight is 465 g/mol. The molecule has 0 spiro atoms. The maximum atomic E-state index is 11.6. The Hall–Kier alpha value is -3.31.